The van der Waals surface area contributed by atoms with Gasteiger partial charge in [0.2, 0.25) is 0 Å². The van der Waals surface area contributed by atoms with E-state index in [1.165, 1.54) is 42.4 Å². The number of fused-ring (bicyclic) bond motifs is 4. The zero-order valence-electron chi connectivity index (χ0n) is 27.6. The largest absolute Gasteiger partial charge is 0.508 e. The second-order valence-electron chi connectivity index (χ2n) is 12.6. The number of phenols is 1. The average Bonchev–Trinajstić information content (AvgIpc) is 3.89. The van der Waals surface area contributed by atoms with Crippen molar-refractivity contribution < 1.29 is 5.11 Å². The topological polar surface area (TPSA) is 69.7 Å². The fraction of sp³-hybridized carbons (Fsp3) is 0.366. The maximum atomic E-state index is 10.1. The number of allylic oxidation sites excluding steroid dienone is 12. The Morgan fingerprint density at radius 2 is 0.804 bits per heavy atom. The van der Waals surface area contributed by atoms with Crippen LogP contribution in [0.3, 0.4) is 0 Å². The zero-order valence-corrected chi connectivity index (χ0v) is 27.6. The van der Waals surface area contributed by atoms with Crippen LogP contribution in [0.2, 0.25) is 0 Å². The Labute approximate surface area is 274 Å². The van der Waals surface area contributed by atoms with Gasteiger partial charge < -0.3 is 5.11 Å². The number of rotatable bonds is 13. The van der Waals surface area contributed by atoms with Gasteiger partial charge in [0, 0.05) is 22.3 Å². The van der Waals surface area contributed by atoms with E-state index in [0.717, 1.165) is 108 Å². The molecular formula is C41H46N4O. The van der Waals surface area contributed by atoms with E-state index in [-0.39, 0.29) is 5.75 Å². The van der Waals surface area contributed by atoms with Crippen molar-refractivity contribution in [1.82, 2.24) is 0 Å². The summed E-state index contributed by atoms with van der Waals surface area (Å²) in [6.07, 6.45) is 30.4. The first-order valence-corrected chi connectivity index (χ1v) is 17.4. The molecule has 0 radical (unpaired) electrons. The molecule has 0 atom stereocenters. The highest BCUT2D eigenvalue weighted by Crippen LogP contribution is 2.36. The minimum atomic E-state index is 0.241. The van der Waals surface area contributed by atoms with Gasteiger partial charge in [-0.3, -0.25) is 0 Å². The fourth-order valence-electron chi connectivity index (χ4n) is 6.61. The lowest BCUT2D eigenvalue weighted by Gasteiger charge is -2.12. The van der Waals surface area contributed by atoms with Crippen molar-refractivity contribution in [3.63, 3.8) is 0 Å². The molecule has 0 spiro atoms. The van der Waals surface area contributed by atoms with E-state index >= 15 is 0 Å². The van der Waals surface area contributed by atoms with Crippen molar-refractivity contribution in [2.75, 3.05) is 0 Å². The number of hydrogen-bond donors (Lipinski definition) is 1. The summed E-state index contributed by atoms with van der Waals surface area (Å²) >= 11 is 0. The van der Waals surface area contributed by atoms with Gasteiger partial charge in [0.1, 0.15) is 5.75 Å². The van der Waals surface area contributed by atoms with Crippen molar-refractivity contribution in [1.29, 1.82) is 0 Å². The van der Waals surface area contributed by atoms with Crippen molar-refractivity contribution in [3.05, 3.63) is 118 Å². The molecule has 0 aliphatic carbocycles. The standard InChI is InChI=1S/C41H46N4O/c1-4-7-10-13-30-33-20-22-35(42-33)31(14-11-8-5-2)37-24-26-39(44-37)41(28-16-18-29(46)19-17-28)40-27-25-38(45-40)32(15-12-9-6-3)36-23-21-34(30)43-36/h16-27,46H,4-15H2,1-3H3. The van der Waals surface area contributed by atoms with Crippen molar-refractivity contribution in [2.24, 2.45) is 20.0 Å². The molecule has 1 aromatic carbocycles. The minimum absolute atomic E-state index is 0.241. The summed E-state index contributed by atoms with van der Waals surface area (Å²) in [5.74, 6) is 0.241. The number of aromatic hydroxyl groups is 1. The molecule has 6 rings (SSSR count). The molecule has 1 N–H and O–H groups in total. The predicted octanol–water partition coefficient (Wildman–Crippen LogP) is 10.7. The summed E-state index contributed by atoms with van der Waals surface area (Å²) in [7, 11) is 0. The van der Waals surface area contributed by atoms with E-state index in [0.29, 0.717) is 0 Å². The lowest BCUT2D eigenvalue weighted by molar-refractivity contribution is 0.475. The first-order chi connectivity index (χ1) is 22.6. The van der Waals surface area contributed by atoms with Gasteiger partial charge in [-0.15, -0.1) is 0 Å². The highest BCUT2D eigenvalue weighted by molar-refractivity contribution is 6.33. The smallest absolute Gasteiger partial charge is 0.115 e. The van der Waals surface area contributed by atoms with Crippen LogP contribution in [0.5, 0.6) is 5.75 Å². The average molecular weight is 611 g/mol. The molecule has 0 amide bonds. The number of nitrogens with zero attached hydrogens (tertiary/aromatic N) is 4. The molecule has 1 aromatic rings. The van der Waals surface area contributed by atoms with Crippen LogP contribution in [0, 0.1) is 0 Å². The number of unbranched alkanes of at least 4 members (excludes halogenated alkanes) is 6. The molecule has 5 heterocycles. The van der Waals surface area contributed by atoms with Crippen molar-refractivity contribution >= 4 is 28.4 Å². The van der Waals surface area contributed by atoms with E-state index in [1.54, 1.807) is 12.1 Å². The Morgan fingerprint density at radius 3 is 1.24 bits per heavy atom. The minimum Gasteiger partial charge on any atom is -0.508 e. The molecule has 46 heavy (non-hydrogen) atoms. The van der Waals surface area contributed by atoms with Crippen LogP contribution in [-0.2, 0) is 0 Å². The molecule has 0 saturated heterocycles. The van der Waals surface area contributed by atoms with Crippen LogP contribution >= 0.6 is 0 Å². The molecule has 0 saturated carbocycles. The number of hydrogen-bond acceptors (Lipinski definition) is 5. The quantitative estimate of drug-likeness (QED) is 0.222. The molecule has 5 heteroatoms. The lowest BCUT2D eigenvalue weighted by Crippen LogP contribution is -2.04. The monoisotopic (exact) mass is 610 g/mol. The summed E-state index contributed by atoms with van der Waals surface area (Å²) in [5, 5.41) is 10.1. The second-order valence-corrected chi connectivity index (χ2v) is 12.6. The summed E-state index contributed by atoms with van der Waals surface area (Å²) in [6, 6.07) is 7.38. The Hall–Kier alpha value is -4.38. The third-order valence-corrected chi connectivity index (χ3v) is 9.17. The van der Waals surface area contributed by atoms with Crippen LogP contribution in [0.25, 0.3) is 5.57 Å². The number of aliphatic imine (C=N–C) groups is 4. The van der Waals surface area contributed by atoms with Crippen molar-refractivity contribution in [2.45, 2.75) is 97.8 Å². The van der Waals surface area contributed by atoms with Crippen molar-refractivity contribution in [3.8, 4) is 5.75 Å². The molecule has 5 aliphatic rings. The van der Waals surface area contributed by atoms with Gasteiger partial charge >= 0.3 is 0 Å². The number of benzene rings is 1. The van der Waals surface area contributed by atoms with E-state index < -0.39 is 0 Å². The highest BCUT2D eigenvalue weighted by atomic mass is 16.3. The Kier molecular flexibility index (Phi) is 10.2. The van der Waals surface area contributed by atoms with Gasteiger partial charge in [0.15, 0.2) is 0 Å². The lowest BCUT2D eigenvalue weighted by atomic mass is 9.98. The summed E-state index contributed by atoms with van der Waals surface area (Å²) < 4.78 is 0. The molecule has 5 nitrogen and oxygen atoms in total. The fourth-order valence-corrected chi connectivity index (χ4v) is 6.61. The SMILES string of the molecule is CCCCCC1=C2C=CC(=N2)C(CCCCC)=C2C=CC(=N2)C(c2ccc(O)cc2)=C2C=CC(=N2)C(CCCCC)=C2C=CC1=N2. The number of phenolic OH excluding ortho intramolecular Hbond substituents is 1. The maximum Gasteiger partial charge on any atom is 0.115 e. The summed E-state index contributed by atoms with van der Waals surface area (Å²) in [4.78, 5) is 21.1. The molecular weight excluding hydrogens is 564 g/mol. The first-order valence-electron chi connectivity index (χ1n) is 17.4. The van der Waals surface area contributed by atoms with E-state index in [1.807, 2.05) is 12.1 Å². The van der Waals surface area contributed by atoms with Gasteiger partial charge in [-0.05, 0) is 105 Å². The molecule has 0 aromatic heterocycles. The summed E-state index contributed by atoms with van der Waals surface area (Å²) in [6.45, 7) is 6.74. The van der Waals surface area contributed by atoms with Gasteiger partial charge in [0.25, 0.3) is 0 Å². The van der Waals surface area contributed by atoms with Gasteiger partial charge in [-0.25, -0.2) is 20.0 Å². The van der Waals surface area contributed by atoms with Crippen LogP contribution in [0.4, 0.5) is 0 Å². The predicted molar refractivity (Wildman–Crippen MR) is 195 cm³/mol. The van der Waals surface area contributed by atoms with Crippen LogP contribution in [0.1, 0.15) is 103 Å². The molecule has 8 bridgehead atoms. The Balaban J connectivity index is 1.57. The van der Waals surface area contributed by atoms with Gasteiger partial charge in [-0.1, -0.05) is 71.4 Å². The molecule has 236 valence electrons. The van der Waals surface area contributed by atoms with Crippen LogP contribution in [0.15, 0.2) is 132 Å². The second kappa shape index (κ2) is 14.8. The Bertz CT molecular complexity index is 1730. The maximum absolute atomic E-state index is 10.1. The Morgan fingerprint density at radius 1 is 0.435 bits per heavy atom. The van der Waals surface area contributed by atoms with Crippen LogP contribution < -0.4 is 0 Å². The molecule has 5 aliphatic heterocycles. The third-order valence-electron chi connectivity index (χ3n) is 9.17. The third kappa shape index (κ3) is 6.89. The normalized spacial score (nSPS) is 18.4. The van der Waals surface area contributed by atoms with Gasteiger partial charge in [-0.2, -0.15) is 0 Å². The first kappa shape index (κ1) is 31.6. The van der Waals surface area contributed by atoms with E-state index in [4.69, 9.17) is 20.0 Å². The molecule has 0 unspecified atom stereocenters. The van der Waals surface area contributed by atoms with E-state index in [2.05, 4.69) is 69.4 Å². The van der Waals surface area contributed by atoms with E-state index in [9.17, 15) is 5.11 Å². The highest BCUT2D eigenvalue weighted by Gasteiger charge is 2.25. The van der Waals surface area contributed by atoms with Gasteiger partial charge in [0.05, 0.1) is 45.6 Å². The van der Waals surface area contributed by atoms with Crippen LogP contribution in [-0.4, -0.2) is 28.0 Å². The summed E-state index contributed by atoms with van der Waals surface area (Å²) in [5.41, 5.74) is 13.3. The molecule has 0 fully saturated rings. The zero-order chi connectivity index (χ0) is 31.9.